The lowest BCUT2D eigenvalue weighted by molar-refractivity contribution is 0.607. The minimum atomic E-state index is 0.685. The monoisotopic (exact) mass is 249 g/mol. The molecule has 4 heteroatoms. The number of nitrogens with zero attached hydrogens (tertiary/aromatic N) is 2. The average Bonchev–Trinajstić information content (AvgIpc) is 2.28. The maximum absolute atomic E-state index is 5.94. The zero-order valence-corrected chi connectivity index (χ0v) is 10.8. The van der Waals surface area contributed by atoms with Crippen molar-refractivity contribution >= 4 is 28.3 Å². The molecule has 0 aliphatic heterocycles. The van der Waals surface area contributed by atoms with Gasteiger partial charge in [-0.1, -0.05) is 25.4 Å². The minimum Gasteiger partial charge on any atom is -0.369 e. The third-order valence-corrected chi connectivity index (χ3v) is 2.85. The number of nitrogens with one attached hydrogen (secondary N) is 1. The van der Waals surface area contributed by atoms with E-state index in [2.05, 4.69) is 29.1 Å². The maximum Gasteiger partial charge on any atom is 0.137 e. The van der Waals surface area contributed by atoms with Crippen LogP contribution in [-0.2, 0) is 0 Å². The van der Waals surface area contributed by atoms with E-state index in [1.807, 2.05) is 18.2 Å². The molecule has 0 atom stereocenters. The Labute approximate surface area is 106 Å². The van der Waals surface area contributed by atoms with Crippen LogP contribution in [0.5, 0.6) is 0 Å². The molecule has 17 heavy (non-hydrogen) atoms. The molecule has 0 unspecified atom stereocenters. The second-order valence-corrected chi connectivity index (χ2v) is 4.93. The molecule has 2 rings (SSSR count). The summed E-state index contributed by atoms with van der Waals surface area (Å²) in [5.74, 6) is 1.57. The van der Waals surface area contributed by atoms with Gasteiger partial charge in [0.05, 0.1) is 5.52 Å². The van der Waals surface area contributed by atoms with E-state index < -0.39 is 0 Å². The van der Waals surface area contributed by atoms with Gasteiger partial charge in [0.15, 0.2) is 0 Å². The molecule has 3 nitrogen and oxygen atoms in total. The fourth-order valence-electron chi connectivity index (χ4n) is 1.65. The van der Waals surface area contributed by atoms with Crippen LogP contribution in [0.4, 0.5) is 5.82 Å². The number of fused-ring (bicyclic) bond motifs is 1. The van der Waals surface area contributed by atoms with Crippen LogP contribution in [0.1, 0.15) is 20.3 Å². The normalized spacial score (nSPS) is 11.1. The number of halogens is 1. The van der Waals surface area contributed by atoms with Crippen molar-refractivity contribution in [3.8, 4) is 0 Å². The van der Waals surface area contributed by atoms with Gasteiger partial charge in [-0.25, -0.2) is 9.97 Å². The average molecular weight is 250 g/mol. The fourth-order valence-corrected chi connectivity index (χ4v) is 1.82. The number of rotatable bonds is 4. The molecular weight excluding hydrogens is 234 g/mol. The van der Waals surface area contributed by atoms with E-state index in [0.717, 1.165) is 29.7 Å². The molecule has 0 aliphatic carbocycles. The minimum absolute atomic E-state index is 0.685. The van der Waals surface area contributed by atoms with E-state index >= 15 is 0 Å². The van der Waals surface area contributed by atoms with Gasteiger partial charge in [-0.15, -0.1) is 0 Å². The lowest BCUT2D eigenvalue weighted by Gasteiger charge is -2.09. The fraction of sp³-hybridized carbons (Fsp3) is 0.385. The Balaban J connectivity index is 2.22. The van der Waals surface area contributed by atoms with Crippen molar-refractivity contribution in [1.29, 1.82) is 0 Å². The Hall–Kier alpha value is -1.35. The SMILES string of the molecule is CC(C)CCNc1ncnc2cc(Cl)ccc12. The summed E-state index contributed by atoms with van der Waals surface area (Å²) in [5, 5.41) is 5.06. The number of aromatic nitrogens is 2. The summed E-state index contributed by atoms with van der Waals surface area (Å²) in [6.45, 7) is 5.34. The molecule has 1 heterocycles. The molecule has 0 spiro atoms. The third kappa shape index (κ3) is 3.07. The van der Waals surface area contributed by atoms with E-state index in [-0.39, 0.29) is 0 Å². The molecule has 0 fully saturated rings. The standard InChI is InChI=1S/C13H16ClN3/c1-9(2)5-6-15-13-11-4-3-10(14)7-12(11)16-8-17-13/h3-4,7-9H,5-6H2,1-2H3,(H,15,16,17). The Morgan fingerprint density at radius 2 is 2.12 bits per heavy atom. The quantitative estimate of drug-likeness (QED) is 0.897. The van der Waals surface area contributed by atoms with Gasteiger partial charge in [-0.3, -0.25) is 0 Å². The topological polar surface area (TPSA) is 37.8 Å². The van der Waals surface area contributed by atoms with Crippen LogP contribution in [0.25, 0.3) is 10.9 Å². The van der Waals surface area contributed by atoms with Gasteiger partial charge in [-0.05, 0) is 30.5 Å². The number of anilines is 1. The second kappa shape index (κ2) is 5.32. The van der Waals surface area contributed by atoms with Crippen molar-refractivity contribution in [3.05, 3.63) is 29.5 Å². The van der Waals surface area contributed by atoms with Gasteiger partial charge in [0.25, 0.3) is 0 Å². The van der Waals surface area contributed by atoms with Crippen LogP contribution >= 0.6 is 11.6 Å². The molecule has 0 amide bonds. The summed E-state index contributed by atoms with van der Waals surface area (Å²) in [4.78, 5) is 8.48. The smallest absolute Gasteiger partial charge is 0.137 e. The highest BCUT2D eigenvalue weighted by Crippen LogP contribution is 2.22. The number of hydrogen-bond acceptors (Lipinski definition) is 3. The Bertz CT molecular complexity index is 511. The van der Waals surface area contributed by atoms with Crippen molar-refractivity contribution in [3.63, 3.8) is 0 Å². The Morgan fingerprint density at radius 1 is 1.29 bits per heavy atom. The first-order valence-corrected chi connectivity index (χ1v) is 6.19. The van der Waals surface area contributed by atoms with Crippen molar-refractivity contribution < 1.29 is 0 Å². The van der Waals surface area contributed by atoms with Crippen molar-refractivity contribution in [2.24, 2.45) is 5.92 Å². The first-order chi connectivity index (χ1) is 8.16. The highest BCUT2D eigenvalue weighted by molar-refractivity contribution is 6.31. The van der Waals surface area contributed by atoms with Gasteiger partial charge >= 0.3 is 0 Å². The van der Waals surface area contributed by atoms with Crippen LogP contribution in [0.3, 0.4) is 0 Å². The summed E-state index contributed by atoms with van der Waals surface area (Å²) in [7, 11) is 0. The van der Waals surface area contributed by atoms with Crippen LogP contribution in [0.2, 0.25) is 5.02 Å². The highest BCUT2D eigenvalue weighted by Gasteiger charge is 2.03. The van der Waals surface area contributed by atoms with Crippen LogP contribution in [0, 0.1) is 5.92 Å². The zero-order chi connectivity index (χ0) is 12.3. The third-order valence-electron chi connectivity index (χ3n) is 2.61. The Morgan fingerprint density at radius 3 is 2.88 bits per heavy atom. The molecule has 0 bridgehead atoms. The van der Waals surface area contributed by atoms with E-state index in [1.165, 1.54) is 0 Å². The van der Waals surface area contributed by atoms with Gasteiger partial charge in [0.1, 0.15) is 12.1 Å². The summed E-state index contributed by atoms with van der Waals surface area (Å²) >= 11 is 5.94. The van der Waals surface area contributed by atoms with Crippen LogP contribution in [-0.4, -0.2) is 16.5 Å². The molecule has 0 radical (unpaired) electrons. The van der Waals surface area contributed by atoms with Crippen LogP contribution < -0.4 is 5.32 Å². The predicted octanol–water partition coefficient (Wildman–Crippen LogP) is 3.74. The summed E-state index contributed by atoms with van der Waals surface area (Å²) in [5.41, 5.74) is 0.875. The van der Waals surface area contributed by atoms with E-state index in [0.29, 0.717) is 10.9 Å². The number of hydrogen-bond donors (Lipinski definition) is 1. The van der Waals surface area contributed by atoms with E-state index in [9.17, 15) is 0 Å². The van der Waals surface area contributed by atoms with Gasteiger partial charge in [0, 0.05) is 17.0 Å². The van der Waals surface area contributed by atoms with Crippen molar-refractivity contribution in [2.45, 2.75) is 20.3 Å². The predicted molar refractivity (Wildman–Crippen MR) is 72.5 cm³/mol. The maximum atomic E-state index is 5.94. The molecule has 1 N–H and O–H groups in total. The van der Waals surface area contributed by atoms with Gasteiger partial charge in [-0.2, -0.15) is 0 Å². The number of benzene rings is 1. The van der Waals surface area contributed by atoms with Crippen molar-refractivity contribution in [2.75, 3.05) is 11.9 Å². The zero-order valence-electron chi connectivity index (χ0n) is 10.1. The highest BCUT2D eigenvalue weighted by atomic mass is 35.5. The second-order valence-electron chi connectivity index (χ2n) is 4.49. The molecule has 1 aromatic heterocycles. The molecule has 0 saturated carbocycles. The van der Waals surface area contributed by atoms with E-state index in [1.54, 1.807) is 6.33 Å². The Kier molecular flexibility index (Phi) is 3.79. The largest absolute Gasteiger partial charge is 0.369 e. The molecule has 1 aromatic carbocycles. The lowest BCUT2D eigenvalue weighted by Crippen LogP contribution is -2.06. The van der Waals surface area contributed by atoms with Gasteiger partial charge < -0.3 is 5.32 Å². The van der Waals surface area contributed by atoms with Gasteiger partial charge in [0.2, 0.25) is 0 Å². The first kappa shape index (κ1) is 12.1. The first-order valence-electron chi connectivity index (χ1n) is 5.81. The molecule has 0 aliphatic rings. The molecule has 2 aromatic rings. The molecular formula is C13H16ClN3. The lowest BCUT2D eigenvalue weighted by atomic mass is 10.1. The van der Waals surface area contributed by atoms with Crippen molar-refractivity contribution in [1.82, 2.24) is 9.97 Å². The summed E-state index contributed by atoms with van der Waals surface area (Å²) in [6, 6.07) is 5.67. The molecule has 90 valence electrons. The van der Waals surface area contributed by atoms with Crippen LogP contribution in [0.15, 0.2) is 24.5 Å². The summed E-state index contributed by atoms with van der Waals surface area (Å²) in [6.07, 6.45) is 2.69. The summed E-state index contributed by atoms with van der Waals surface area (Å²) < 4.78 is 0. The van der Waals surface area contributed by atoms with E-state index in [4.69, 9.17) is 11.6 Å². The molecule has 0 saturated heterocycles.